The highest BCUT2D eigenvalue weighted by Crippen LogP contribution is 2.02. The lowest BCUT2D eigenvalue weighted by molar-refractivity contribution is -0.147. The summed E-state index contributed by atoms with van der Waals surface area (Å²) in [7, 11) is 0. The second-order valence-electron chi connectivity index (χ2n) is 3.65. The summed E-state index contributed by atoms with van der Waals surface area (Å²) < 4.78 is 5.08. The minimum absolute atomic E-state index is 0.565. The molecule has 0 aliphatic carbocycles. The van der Waals surface area contributed by atoms with Gasteiger partial charge in [0.1, 0.15) is 18.1 Å². The number of carboxylic acid groups (broad SMARTS) is 1. The van der Waals surface area contributed by atoms with Gasteiger partial charge in [-0.2, -0.15) is 0 Å². The first-order valence-electron chi connectivity index (χ1n) is 5.18. The molecule has 0 aromatic carbocycles. The zero-order valence-corrected chi connectivity index (χ0v) is 10.0. The highest BCUT2D eigenvalue weighted by molar-refractivity contribution is 6.14. The summed E-state index contributed by atoms with van der Waals surface area (Å²) >= 11 is 0. The smallest absolute Gasteiger partial charge is 0.323 e. The van der Waals surface area contributed by atoms with Gasteiger partial charge in [0.05, 0.1) is 0 Å². The predicted molar refractivity (Wildman–Crippen MR) is 61.7 cm³/mol. The van der Waals surface area contributed by atoms with E-state index in [4.69, 9.17) is 9.52 Å². The molecule has 2 heterocycles. The first-order valence-corrected chi connectivity index (χ1v) is 5.18. The van der Waals surface area contributed by atoms with Crippen LogP contribution in [0.4, 0.5) is 0 Å². The van der Waals surface area contributed by atoms with Crippen LogP contribution in [0, 0.1) is 13.8 Å². The molecule has 1 aliphatic rings. The Morgan fingerprint density at radius 2 is 1.61 bits per heavy atom. The molecule has 1 aromatic rings. The van der Waals surface area contributed by atoms with Crippen LogP contribution < -0.4 is 0 Å². The van der Waals surface area contributed by atoms with Crippen molar-refractivity contribution in [1.29, 1.82) is 0 Å². The molecule has 1 aliphatic heterocycles. The maximum Gasteiger partial charge on any atom is 0.323 e. The third-order valence-corrected chi connectivity index (χ3v) is 2.07. The van der Waals surface area contributed by atoms with Gasteiger partial charge in [-0.05, 0) is 26.0 Å². The van der Waals surface area contributed by atoms with Crippen LogP contribution in [0.2, 0.25) is 0 Å². The highest BCUT2D eigenvalue weighted by atomic mass is 16.4. The fourth-order valence-electron chi connectivity index (χ4n) is 1.28. The topological polar surface area (TPSA) is 87.8 Å². The SMILES string of the molecule is Cc1ccc(C)o1.O=C(O)CN1C(=O)C=CC1=O. The number of nitrogens with zero attached hydrogens (tertiary/aromatic N) is 1. The fraction of sp³-hybridized carbons (Fsp3) is 0.250. The van der Waals surface area contributed by atoms with E-state index in [0.29, 0.717) is 4.90 Å². The fourth-order valence-corrected chi connectivity index (χ4v) is 1.28. The van der Waals surface area contributed by atoms with E-state index in [1.807, 2.05) is 26.0 Å². The Kier molecular flexibility index (Phi) is 4.42. The number of rotatable bonds is 2. The largest absolute Gasteiger partial charge is 0.480 e. The minimum Gasteiger partial charge on any atom is -0.480 e. The Morgan fingerprint density at radius 1 is 1.17 bits per heavy atom. The van der Waals surface area contributed by atoms with Crippen LogP contribution in [0.25, 0.3) is 0 Å². The summed E-state index contributed by atoms with van der Waals surface area (Å²) in [5.41, 5.74) is 0. The number of aryl methyl sites for hydroxylation is 2. The van der Waals surface area contributed by atoms with E-state index in [0.717, 1.165) is 23.7 Å². The van der Waals surface area contributed by atoms with Gasteiger partial charge in [0.2, 0.25) is 0 Å². The molecule has 0 bridgehead atoms. The monoisotopic (exact) mass is 251 g/mol. The molecule has 0 radical (unpaired) electrons. The molecule has 0 fully saturated rings. The van der Waals surface area contributed by atoms with E-state index in [1.54, 1.807) is 0 Å². The average Bonchev–Trinajstić information content (AvgIpc) is 2.79. The van der Waals surface area contributed by atoms with Crippen molar-refractivity contribution < 1.29 is 23.9 Å². The van der Waals surface area contributed by atoms with E-state index in [2.05, 4.69) is 0 Å². The molecular weight excluding hydrogens is 238 g/mol. The molecule has 96 valence electrons. The lowest BCUT2D eigenvalue weighted by Gasteiger charge is -2.08. The number of hydrogen-bond donors (Lipinski definition) is 1. The van der Waals surface area contributed by atoms with Crippen molar-refractivity contribution in [3.05, 3.63) is 35.8 Å². The molecule has 0 spiro atoms. The van der Waals surface area contributed by atoms with E-state index in [1.165, 1.54) is 0 Å². The normalized spacial score (nSPS) is 13.6. The lowest BCUT2D eigenvalue weighted by Crippen LogP contribution is -2.34. The third kappa shape index (κ3) is 3.89. The second kappa shape index (κ2) is 5.81. The maximum atomic E-state index is 10.7. The van der Waals surface area contributed by atoms with Gasteiger partial charge in [-0.1, -0.05) is 0 Å². The molecule has 0 saturated heterocycles. The Balaban J connectivity index is 0.000000199. The van der Waals surface area contributed by atoms with E-state index in [9.17, 15) is 14.4 Å². The first-order chi connectivity index (χ1) is 8.40. The van der Waals surface area contributed by atoms with Crippen LogP contribution in [-0.4, -0.2) is 34.3 Å². The van der Waals surface area contributed by atoms with Crippen LogP contribution in [0.1, 0.15) is 11.5 Å². The van der Waals surface area contributed by atoms with Crippen LogP contribution in [0.5, 0.6) is 0 Å². The number of carbonyl (C=O) groups is 3. The summed E-state index contributed by atoms with van der Waals surface area (Å²) in [5, 5.41) is 8.24. The van der Waals surface area contributed by atoms with E-state index < -0.39 is 24.3 Å². The molecule has 1 aromatic heterocycles. The molecule has 0 saturated carbocycles. The Hall–Kier alpha value is -2.37. The number of amides is 2. The number of hydrogen-bond acceptors (Lipinski definition) is 4. The molecule has 2 rings (SSSR count). The summed E-state index contributed by atoms with van der Waals surface area (Å²) in [4.78, 5) is 32.1. The Morgan fingerprint density at radius 3 is 1.89 bits per heavy atom. The third-order valence-electron chi connectivity index (χ3n) is 2.07. The van der Waals surface area contributed by atoms with Crippen LogP contribution in [0.15, 0.2) is 28.7 Å². The molecule has 18 heavy (non-hydrogen) atoms. The van der Waals surface area contributed by atoms with Crippen LogP contribution in [-0.2, 0) is 14.4 Å². The molecule has 6 heteroatoms. The van der Waals surface area contributed by atoms with Gasteiger partial charge in [0.15, 0.2) is 0 Å². The van der Waals surface area contributed by atoms with Crippen molar-refractivity contribution in [3.8, 4) is 0 Å². The van der Waals surface area contributed by atoms with Gasteiger partial charge >= 0.3 is 5.97 Å². The van der Waals surface area contributed by atoms with Gasteiger partial charge in [-0.15, -0.1) is 0 Å². The first kappa shape index (κ1) is 13.7. The standard InChI is InChI=1S/C6H5NO4.C6H8O/c8-4-1-2-5(9)7(4)3-6(10)11;1-5-3-4-6(2)7-5/h1-2H,3H2,(H,10,11);3-4H,1-2H3. The van der Waals surface area contributed by atoms with Gasteiger partial charge < -0.3 is 9.52 Å². The summed E-state index contributed by atoms with van der Waals surface area (Å²) in [6.07, 6.45) is 2.09. The van der Waals surface area contributed by atoms with Crippen molar-refractivity contribution in [2.24, 2.45) is 0 Å². The molecule has 1 N–H and O–H groups in total. The molecule has 0 atom stereocenters. The quantitative estimate of drug-likeness (QED) is 0.789. The summed E-state index contributed by atoms with van der Waals surface area (Å²) in [6, 6.07) is 3.91. The van der Waals surface area contributed by atoms with Gasteiger partial charge in [0.25, 0.3) is 11.8 Å². The van der Waals surface area contributed by atoms with Crippen molar-refractivity contribution in [2.45, 2.75) is 13.8 Å². The van der Waals surface area contributed by atoms with Crippen molar-refractivity contribution in [2.75, 3.05) is 6.54 Å². The Labute approximate surface area is 103 Å². The van der Waals surface area contributed by atoms with Crippen LogP contribution >= 0.6 is 0 Å². The zero-order chi connectivity index (χ0) is 13.7. The van der Waals surface area contributed by atoms with E-state index >= 15 is 0 Å². The van der Waals surface area contributed by atoms with Gasteiger partial charge in [-0.3, -0.25) is 19.3 Å². The molecular formula is C12H13NO5. The number of carboxylic acids is 1. The summed E-state index contributed by atoms with van der Waals surface area (Å²) in [6.45, 7) is 3.31. The van der Waals surface area contributed by atoms with E-state index in [-0.39, 0.29) is 0 Å². The molecule has 6 nitrogen and oxygen atoms in total. The number of imide groups is 1. The van der Waals surface area contributed by atoms with Gasteiger partial charge in [-0.25, -0.2) is 0 Å². The number of carbonyl (C=O) groups excluding carboxylic acids is 2. The second-order valence-corrected chi connectivity index (χ2v) is 3.65. The van der Waals surface area contributed by atoms with Crippen molar-refractivity contribution in [1.82, 2.24) is 4.90 Å². The lowest BCUT2D eigenvalue weighted by atomic mass is 10.5. The maximum absolute atomic E-state index is 10.7. The van der Waals surface area contributed by atoms with Crippen molar-refractivity contribution in [3.63, 3.8) is 0 Å². The Bertz CT molecular complexity index is 466. The predicted octanol–water partition coefficient (Wildman–Crippen LogP) is 0.892. The summed E-state index contributed by atoms with van der Waals surface area (Å²) in [5.74, 6) is -0.375. The van der Waals surface area contributed by atoms with Gasteiger partial charge in [0, 0.05) is 12.2 Å². The van der Waals surface area contributed by atoms with Crippen molar-refractivity contribution >= 4 is 17.8 Å². The number of aliphatic carboxylic acids is 1. The number of furan rings is 1. The molecule has 0 unspecified atom stereocenters. The average molecular weight is 251 g/mol. The highest BCUT2D eigenvalue weighted by Gasteiger charge is 2.24. The van der Waals surface area contributed by atoms with Crippen LogP contribution in [0.3, 0.4) is 0 Å². The molecule has 2 amide bonds. The minimum atomic E-state index is -1.20. The zero-order valence-electron chi connectivity index (χ0n) is 10.0.